The second-order valence-corrected chi connectivity index (χ2v) is 8.48. The third-order valence-electron chi connectivity index (χ3n) is 4.89. The minimum Gasteiger partial charge on any atom is -0.483 e. The number of hydrazone groups is 1. The Labute approximate surface area is 163 Å². The number of amides is 1. The number of rotatable bonds is 4. The highest BCUT2D eigenvalue weighted by molar-refractivity contribution is 5.94. The normalized spacial score (nSPS) is 20.5. The summed E-state index contributed by atoms with van der Waals surface area (Å²) in [6.07, 6.45) is -5.51. The maximum absolute atomic E-state index is 13.2. The quantitative estimate of drug-likeness (QED) is 0.816. The molecule has 1 aliphatic heterocycles. The number of hydrogen-bond acceptors (Lipinski definition) is 4. The second kappa shape index (κ2) is 7.39. The fraction of sp³-hybridized carbons (Fsp3) is 0.600. The Bertz CT molecular complexity index is 782. The van der Waals surface area contributed by atoms with Crippen LogP contribution in [0.25, 0.3) is 0 Å². The highest BCUT2D eigenvalue weighted by Gasteiger charge is 2.57. The van der Waals surface area contributed by atoms with Crippen LogP contribution in [0.2, 0.25) is 0 Å². The van der Waals surface area contributed by atoms with Crippen LogP contribution in [0.1, 0.15) is 58.1 Å². The Kier molecular flexibility index (Phi) is 5.86. The summed E-state index contributed by atoms with van der Waals surface area (Å²) in [7, 11) is 0. The third kappa shape index (κ3) is 4.32. The Morgan fingerprint density at radius 3 is 2.43 bits per heavy atom. The van der Waals surface area contributed by atoms with Gasteiger partial charge in [-0.05, 0) is 30.0 Å². The summed E-state index contributed by atoms with van der Waals surface area (Å²) in [5.74, 6) is -0.214. The first kappa shape index (κ1) is 22.2. The topological polar surface area (TPSA) is 62.1 Å². The van der Waals surface area contributed by atoms with Crippen LogP contribution in [-0.4, -0.2) is 40.2 Å². The number of benzene rings is 1. The number of alkyl halides is 3. The Morgan fingerprint density at radius 2 is 1.93 bits per heavy atom. The first-order valence-corrected chi connectivity index (χ1v) is 9.10. The predicted octanol–water partition coefficient (Wildman–Crippen LogP) is 4.38. The Morgan fingerprint density at radius 1 is 1.32 bits per heavy atom. The molecule has 0 saturated carbocycles. The van der Waals surface area contributed by atoms with Crippen LogP contribution in [0.3, 0.4) is 0 Å². The van der Waals surface area contributed by atoms with Crippen molar-refractivity contribution >= 4 is 11.6 Å². The molecule has 0 fully saturated rings. The van der Waals surface area contributed by atoms with Gasteiger partial charge in [0.2, 0.25) is 0 Å². The molecule has 0 spiro atoms. The highest BCUT2D eigenvalue weighted by atomic mass is 19.4. The van der Waals surface area contributed by atoms with Gasteiger partial charge in [0.25, 0.3) is 5.91 Å². The molecule has 8 heteroatoms. The van der Waals surface area contributed by atoms with Crippen LogP contribution in [0.5, 0.6) is 5.75 Å². The summed E-state index contributed by atoms with van der Waals surface area (Å²) in [4.78, 5) is 12.7. The average molecular weight is 400 g/mol. The molecule has 5 nitrogen and oxygen atoms in total. The van der Waals surface area contributed by atoms with Gasteiger partial charge < -0.3 is 9.84 Å². The van der Waals surface area contributed by atoms with E-state index in [1.165, 1.54) is 0 Å². The van der Waals surface area contributed by atoms with Gasteiger partial charge >= 0.3 is 6.18 Å². The van der Waals surface area contributed by atoms with E-state index in [4.69, 9.17) is 4.74 Å². The van der Waals surface area contributed by atoms with Crippen LogP contribution in [0.4, 0.5) is 13.2 Å². The number of carbonyl (C=O) groups excluding carboxylic acids is 1. The zero-order chi connectivity index (χ0) is 21.5. The highest BCUT2D eigenvalue weighted by Crippen LogP contribution is 2.43. The molecular weight excluding hydrogens is 373 g/mol. The molecule has 0 aliphatic carbocycles. The first-order valence-electron chi connectivity index (χ1n) is 9.10. The average Bonchev–Trinajstić information content (AvgIpc) is 2.91. The van der Waals surface area contributed by atoms with Gasteiger partial charge in [-0.2, -0.15) is 23.3 Å². The van der Waals surface area contributed by atoms with E-state index in [1.54, 1.807) is 26.8 Å². The third-order valence-corrected chi connectivity index (χ3v) is 4.89. The lowest BCUT2D eigenvalue weighted by atomic mass is 9.80. The lowest BCUT2D eigenvalue weighted by Gasteiger charge is -2.41. The van der Waals surface area contributed by atoms with Crippen molar-refractivity contribution in [1.29, 1.82) is 0 Å². The van der Waals surface area contributed by atoms with Crippen LogP contribution in [0.15, 0.2) is 23.3 Å². The zero-order valence-electron chi connectivity index (χ0n) is 17.0. The van der Waals surface area contributed by atoms with Crippen molar-refractivity contribution in [3.05, 3.63) is 29.3 Å². The summed E-state index contributed by atoms with van der Waals surface area (Å²) < 4.78 is 45.1. The molecule has 0 aromatic heterocycles. The number of ether oxygens (including phenoxy) is 1. The van der Waals surface area contributed by atoms with Gasteiger partial charge in [-0.15, -0.1) is 0 Å². The van der Waals surface area contributed by atoms with E-state index in [1.807, 2.05) is 32.9 Å². The van der Waals surface area contributed by atoms with E-state index < -0.39 is 42.0 Å². The van der Waals surface area contributed by atoms with Crippen LogP contribution in [-0.2, 0) is 4.79 Å². The van der Waals surface area contributed by atoms with Crippen LogP contribution >= 0.6 is 0 Å². The van der Waals surface area contributed by atoms with Crippen molar-refractivity contribution in [1.82, 2.24) is 5.01 Å². The van der Waals surface area contributed by atoms with Gasteiger partial charge in [-0.3, -0.25) is 4.79 Å². The molecule has 0 bridgehead atoms. The fourth-order valence-corrected chi connectivity index (χ4v) is 2.99. The molecule has 1 aromatic rings. The molecule has 0 saturated heterocycles. The standard InChI is InChI=1S/C20H27F3N2O3/c1-12(2)14-8-7-13(3)9-15(14)28-11-17(26)25-19(27,18(4,5)6)10-16(24-25)20(21,22)23/h7-9,12,27H,10-11H2,1-6H3/t19-/m0/s1. The fourth-order valence-electron chi connectivity index (χ4n) is 2.99. The van der Waals surface area contributed by atoms with Gasteiger partial charge in [-0.1, -0.05) is 46.8 Å². The molecule has 1 heterocycles. The molecule has 0 radical (unpaired) electrons. The van der Waals surface area contributed by atoms with Crippen LogP contribution in [0, 0.1) is 12.3 Å². The summed E-state index contributed by atoms with van der Waals surface area (Å²) in [6.45, 7) is 9.95. The molecule has 1 amide bonds. The number of aliphatic hydroxyl groups is 1. The Hall–Kier alpha value is -2.09. The molecule has 0 unspecified atom stereocenters. The number of halogens is 3. The first-order chi connectivity index (χ1) is 12.7. The van der Waals surface area contributed by atoms with E-state index >= 15 is 0 Å². The lowest BCUT2D eigenvalue weighted by molar-refractivity contribution is -0.183. The second-order valence-electron chi connectivity index (χ2n) is 8.48. The molecule has 1 aliphatic rings. The van der Waals surface area contributed by atoms with Gasteiger partial charge in [0.05, 0.1) is 0 Å². The Balaban J connectivity index is 2.29. The van der Waals surface area contributed by atoms with E-state index in [9.17, 15) is 23.1 Å². The zero-order valence-corrected chi connectivity index (χ0v) is 17.0. The smallest absolute Gasteiger partial charge is 0.431 e. The van der Waals surface area contributed by atoms with Crippen molar-refractivity contribution in [2.45, 2.75) is 65.8 Å². The molecule has 2 rings (SSSR count). The molecule has 1 atom stereocenters. The van der Waals surface area contributed by atoms with Gasteiger partial charge in [0.15, 0.2) is 12.3 Å². The number of nitrogens with zero attached hydrogens (tertiary/aromatic N) is 2. The van der Waals surface area contributed by atoms with Crippen molar-refractivity contribution in [2.24, 2.45) is 10.5 Å². The van der Waals surface area contributed by atoms with Crippen molar-refractivity contribution in [3.8, 4) is 5.75 Å². The maximum Gasteiger partial charge on any atom is 0.431 e. The predicted molar refractivity (Wildman–Crippen MR) is 100 cm³/mol. The number of carbonyl (C=O) groups is 1. The molecule has 1 aromatic carbocycles. The summed E-state index contributed by atoms with van der Waals surface area (Å²) in [6, 6.07) is 5.58. The number of aryl methyl sites for hydroxylation is 1. The van der Waals surface area contributed by atoms with Crippen molar-refractivity contribution in [3.63, 3.8) is 0 Å². The van der Waals surface area contributed by atoms with E-state index in [0.29, 0.717) is 10.8 Å². The van der Waals surface area contributed by atoms with Gasteiger partial charge in [0.1, 0.15) is 11.5 Å². The van der Waals surface area contributed by atoms with E-state index in [-0.39, 0.29) is 5.92 Å². The molecule has 28 heavy (non-hydrogen) atoms. The molecular formula is C20H27F3N2O3. The van der Waals surface area contributed by atoms with Gasteiger partial charge in [0, 0.05) is 11.8 Å². The SMILES string of the molecule is Cc1ccc(C(C)C)c(OCC(=O)N2N=C(C(F)(F)F)C[C@]2(O)C(C)(C)C)c1. The lowest BCUT2D eigenvalue weighted by Crippen LogP contribution is -2.56. The van der Waals surface area contributed by atoms with Gasteiger partial charge in [-0.25, -0.2) is 0 Å². The number of hydrogen-bond donors (Lipinski definition) is 1. The minimum atomic E-state index is -4.73. The minimum absolute atomic E-state index is 0.138. The summed E-state index contributed by atoms with van der Waals surface area (Å²) in [5, 5.41) is 14.9. The monoisotopic (exact) mass is 400 g/mol. The van der Waals surface area contributed by atoms with Crippen molar-refractivity contribution in [2.75, 3.05) is 6.61 Å². The maximum atomic E-state index is 13.2. The van der Waals surface area contributed by atoms with E-state index in [2.05, 4.69) is 5.10 Å². The molecule has 1 N–H and O–H groups in total. The van der Waals surface area contributed by atoms with Crippen molar-refractivity contribution < 1.29 is 27.8 Å². The van der Waals surface area contributed by atoms with Crippen LogP contribution < -0.4 is 4.74 Å². The van der Waals surface area contributed by atoms with E-state index in [0.717, 1.165) is 11.1 Å². The summed E-state index contributed by atoms with van der Waals surface area (Å²) >= 11 is 0. The largest absolute Gasteiger partial charge is 0.483 e. The summed E-state index contributed by atoms with van der Waals surface area (Å²) in [5.41, 5.74) is -2.52. The molecule has 156 valence electrons.